The number of hydrogen-bond acceptors (Lipinski definition) is 5. The second kappa shape index (κ2) is 8.49. The molecule has 0 saturated carbocycles. The van der Waals surface area contributed by atoms with Gasteiger partial charge in [0.2, 0.25) is 5.91 Å². The second-order valence-corrected chi connectivity index (χ2v) is 6.54. The molecule has 1 amide bonds. The maximum absolute atomic E-state index is 13.7. The molecular weight excluding hydrogens is 351 g/mol. The third kappa shape index (κ3) is 4.45. The number of nitrogens with zero attached hydrogens (tertiary/aromatic N) is 2. The van der Waals surface area contributed by atoms with Crippen molar-refractivity contribution in [1.82, 2.24) is 14.8 Å². The summed E-state index contributed by atoms with van der Waals surface area (Å²) in [5.41, 5.74) is 0.952. The third-order valence-corrected chi connectivity index (χ3v) is 4.78. The fraction of sp³-hybridized carbons (Fsp3) is 0.474. The number of likely N-dealkylation sites (N-methyl/N-ethyl adjacent to an activating group) is 1. The average molecular weight is 376 g/mol. The number of benzene rings is 1. The number of amides is 1. The molecule has 0 unspecified atom stereocenters. The number of H-pyrrole nitrogens is 1. The molecule has 8 heteroatoms. The summed E-state index contributed by atoms with van der Waals surface area (Å²) in [4.78, 5) is 32.1. The van der Waals surface area contributed by atoms with Gasteiger partial charge in [-0.1, -0.05) is 6.92 Å². The zero-order chi connectivity index (χ0) is 19.4. The molecule has 7 nitrogen and oxygen atoms in total. The normalized spacial score (nSPS) is 15.8. The second-order valence-electron chi connectivity index (χ2n) is 6.54. The van der Waals surface area contributed by atoms with Crippen LogP contribution in [0.1, 0.15) is 24.3 Å². The van der Waals surface area contributed by atoms with Gasteiger partial charge in [-0.25, -0.2) is 9.18 Å². The van der Waals surface area contributed by atoms with Crippen molar-refractivity contribution in [2.45, 2.75) is 13.8 Å². The Kier molecular flexibility index (Phi) is 6.08. The Morgan fingerprint density at radius 2 is 1.89 bits per heavy atom. The van der Waals surface area contributed by atoms with Crippen LogP contribution < -0.4 is 5.32 Å². The number of ether oxygens (including phenoxy) is 1. The number of halogens is 1. The van der Waals surface area contributed by atoms with Gasteiger partial charge in [-0.2, -0.15) is 0 Å². The van der Waals surface area contributed by atoms with Gasteiger partial charge in [-0.15, -0.1) is 0 Å². The molecular formula is C19H25FN4O3. The van der Waals surface area contributed by atoms with Crippen LogP contribution in [0.4, 0.5) is 10.1 Å². The highest BCUT2D eigenvalue weighted by Gasteiger charge is 2.23. The predicted molar refractivity (Wildman–Crippen MR) is 101 cm³/mol. The van der Waals surface area contributed by atoms with E-state index in [0.29, 0.717) is 10.9 Å². The first-order chi connectivity index (χ1) is 13.0. The molecule has 0 spiro atoms. The summed E-state index contributed by atoms with van der Waals surface area (Å²) in [6.45, 7) is 8.74. The number of carbonyl (C=O) groups is 2. The molecule has 2 heterocycles. The zero-order valence-electron chi connectivity index (χ0n) is 15.7. The maximum Gasteiger partial charge on any atom is 0.356 e. The molecule has 2 aromatic rings. The van der Waals surface area contributed by atoms with Crippen LogP contribution in [0.25, 0.3) is 10.9 Å². The highest BCUT2D eigenvalue weighted by molar-refractivity contribution is 6.11. The minimum atomic E-state index is -0.582. The molecule has 0 atom stereocenters. The zero-order valence-corrected chi connectivity index (χ0v) is 15.7. The molecule has 0 radical (unpaired) electrons. The van der Waals surface area contributed by atoms with Gasteiger partial charge >= 0.3 is 5.97 Å². The highest BCUT2D eigenvalue weighted by Crippen LogP contribution is 2.29. The number of esters is 1. The summed E-state index contributed by atoms with van der Waals surface area (Å²) in [5.74, 6) is -1.26. The molecule has 2 N–H and O–H groups in total. The lowest BCUT2D eigenvalue weighted by atomic mass is 10.2. The molecule has 1 aliphatic heterocycles. The summed E-state index contributed by atoms with van der Waals surface area (Å²) in [6.07, 6.45) is 0. The first kappa shape index (κ1) is 19.3. The first-order valence-corrected chi connectivity index (χ1v) is 9.24. The molecule has 1 fully saturated rings. The topological polar surface area (TPSA) is 77.7 Å². The SMILES string of the molecule is CCOC(=O)c1[nH]c2ccc(F)cc2c1NC(=O)CN1CCN(CC)CC1. The molecule has 146 valence electrons. The van der Waals surface area contributed by atoms with Gasteiger partial charge in [0, 0.05) is 37.1 Å². The smallest absolute Gasteiger partial charge is 0.356 e. The first-order valence-electron chi connectivity index (χ1n) is 9.24. The number of hydrogen-bond donors (Lipinski definition) is 2. The Hall–Kier alpha value is -2.45. The van der Waals surface area contributed by atoms with Gasteiger partial charge in [-0.3, -0.25) is 9.69 Å². The van der Waals surface area contributed by atoms with Gasteiger partial charge < -0.3 is 19.9 Å². The Morgan fingerprint density at radius 1 is 1.19 bits per heavy atom. The van der Waals surface area contributed by atoms with Crippen molar-refractivity contribution in [1.29, 1.82) is 0 Å². The highest BCUT2D eigenvalue weighted by atomic mass is 19.1. The third-order valence-electron chi connectivity index (χ3n) is 4.78. The van der Waals surface area contributed by atoms with Crippen molar-refractivity contribution >= 4 is 28.5 Å². The van der Waals surface area contributed by atoms with E-state index < -0.39 is 11.8 Å². The van der Waals surface area contributed by atoms with E-state index in [-0.39, 0.29) is 30.4 Å². The monoisotopic (exact) mass is 376 g/mol. The van der Waals surface area contributed by atoms with Crippen LogP contribution in [0.2, 0.25) is 0 Å². The van der Waals surface area contributed by atoms with Crippen LogP contribution in [-0.4, -0.2) is 72.5 Å². The van der Waals surface area contributed by atoms with Crippen molar-refractivity contribution in [2.75, 3.05) is 51.2 Å². The van der Waals surface area contributed by atoms with Crippen molar-refractivity contribution in [3.8, 4) is 0 Å². The standard InChI is InChI=1S/C19H25FN4O3/c1-3-23-7-9-24(10-8-23)12-16(25)22-17-14-11-13(20)5-6-15(14)21-18(17)19(26)27-4-2/h5-6,11,21H,3-4,7-10,12H2,1-2H3,(H,22,25). The number of aromatic nitrogens is 1. The average Bonchev–Trinajstić information content (AvgIpc) is 3.00. The quantitative estimate of drug-likeness (QED) is 0.755. The van der Waals surface area contributed by atoms with E-state index in [2.05, 4.69) is 27.0 Å². The number of rotatable bonds is 6. The van der Waals surface area contributed by atoms with Gasteiger partial charge in [-0.05, 0) is 31.7 Å². The number of piperazine rings is 1. The fourth-order valence-electron chi connectivity index (χ4n) is 3.30. The van der Waals surface area contributed by atoms with Crippen molar-refractivity contribution in [2.24, 2.45) is 0 Å². The van der Waals surface area contributed by atoms with Crippen LogP contribution in [0.3, 0.4) is 0 Å². The molecule has 3 rings (SSSR count). The number of nitrogens with one attached hydrogen (secondary N) is 2. The van der Waals surface area contributed by atoms with Crippen LogP contribution in [0, 0.1) is 5.82 Å². The van der Waals surface area contributed by atoms with Gasteiger partial charge in [0.15, 0.2) is 0 Å². The molecule has 1 saturated heterocycles. The van der Waals surface area contributed by atoms with Crippen molar-refractivity contribution in [3.05, 3.63) is 29.7 Å². The van der Waals surface area contributed by atoms with E-state index in [0.717, 1.165) is 32.7 Å². The van der Waals surface area contributed by atoms with Crippen molar-refractivity contribution in [3.63, 3.8) is 0 Å². The fourth-order valence-corrected chi connectivity index (χ4v) is 3.30. The van der Waals surface area contributed by atoms with Crippen LogP contribution in [0.5, 0.6) is 0 Å². The molecule has 1 aromatic heterocycles. The van der Waals surface area contributed by atoms with E-state index in [1.165, 1.54) is 18.2 Å². The largest absolute Gasteiger partial charge is 0.461 e. The van der Waals surface area contributed by atoms with Gasteiger partial charge in [0.05, 0.1) is 18.8 Å². The van der Waals surface area contributed by atoms with Crippen LogP contribution in [0.15, 0.2) is 18.2 Å². The summed E-state index contributed by atoms with van der Waals surface area (Å²) in [7, 11) is 0. The van der Waals surface area contributed by atoms with E-state index in [9.17, 15) is 14.0 Å². The van der Waals surface area contributed by atoms with Gasteiger partial charge in [0.25, 0.3) is 0 Å². The number of fused-ring (bicyclic) bond motifs is 1. The Labute approximate surface area is 157 Å². The molecule has 27 heavy (non-hydrogen) atoms. The minimum Gasteiger partial charge on any atom is -0.461 e. The molecule has 1 aromatic carbocycles. The molecule has 0 aliphatic carbocycles. The Morgan fingerprint density at radius 3 is 2.56 bits per heavy atom. The Bertz CT molecular complexity index is 828. The lowest BCUT2D eigenvalue weighted by molar-refractivity contribution is -0.117. The van der Waals surface area contributed by atoms with E-state index >= 15 is 0 Å². The summed E-state index contributed by atoms with van der Waals surface area (Å²) >= 11 is 0. The lowest BCUT2D eigenvalue weighted by Crippen LogP contribution is -2.48. The van der Waals surface area contributed by atoms with Gasteiger partial charge in [0.1, 0.15) is 11.5 Å². The number of aromatic amines is 1. The summed E-state index contributed by atoms with van der Waals surface area (Å²) in [5, 5.41) is 3.23. The molecule has 1 aliphatic rings. The van der Waals surface area contributed by atoms with Crippen molar-refractivity contribution < 1.29 is 18.7 Å². The van der Waals surface area contributed by atoms with E-state index in [4.69, 9.17) is 4.74 Å². The lowest BCUT2D eigenvalue weighted by Gasteiger charge is -2.33. The summed E-state index contributed by atoms with van der Waals surface area (Å²) in [6, 6.07) is 4.13. The van der Waals surface area contributed by atoms with E-state index in [1.807, 2.05) is 0 Å². The summed E-state index contributed by atoms with van der Waals surface area (Å²) < 4.78 is 18.8. The van der Waals surface area contributed by atoms with E-state index in [1.54, 1.807) is 6.92 Å². The number of anilines is 1. The number of carbonyl (C=O) groups excluding carboxylic acids is 2. The molecule has 0 bridgehead atoms. The van der Waals surface area contributed by atoms with Crippen LogP contribution >= 0.6 is 0 Å². The minimum absolute atomic E-state index is 0.126. The van der Waals surface area contributed by atoms with Crippen LogP contribution in [-0.2, 0) is 9.53 Å². The predicted octanol–water partition coefficient (Wildman–Crippen LogP) is 2.06. The Balaban J connectivity index is 1.78. The maximum atomic E-state index is 13.7.